The predicted molar refractivity (Wildman–Crippen MR) is 73.6 cm³/mol. The first kappa shape index (κ1) is 15.2. The number of rotatable bonds is 4. The molecule has 1 unspecified atom stereocenters. The van der Waals surface area contributed by atoms with E-state index in [-0.39, 0.29) is 31.0 Å². The molecule has 1 aromatic rings. The minimum absolute atomic E-state index is 0.0472. The van der Waals surface area contributed by atoms with E-state index in [1.807, 2.05) is 0 Å². The molecule has 0 aliphatic carbocycles. The van der Waals surface area contributed by atoms with Gasteiger partial charge in [0.15, 0.2) is 0 Å². The molecule has 1 fully saturated rings. The van der Waals surface area contributed by atoms with Crippen molar-refractivity contribution in [2.24, 2.45) is 5.84 Å². The second-order valence-corrected chi connectivity index (χ2v) is 4.56. The topological polar surface area (TPSA) is 131 Å². The van der Waals surface area contributed by atoms with E-state index in [1.165, 1.54) is 23.1 Å². The SMILES string of the molecule is NNc1ccc([N+](=O)[O-])c(C(=O)N2CCOC(CO)C2)c1. The van der Waals surface area contributed by atoms with Gasteiger partial charge in [0.05, 0.1) is 24.2 Å². The Kier molecular flexibility index (Phi) is 4.68. The molecular formula is C12H16N4O5. The number of benzene rings is 1. The first-order valence-electron chi connectivity index (χ1n) is 6.33. The Morgan fingerprint density at radius 3 is 3.00 bits per heavy atom. The number of nitro groups is 1. The fourth-order valence-corrected chi connectivity index (χ4v) is 2.14. The molecule has 1 amide bonds. The van der Waals surface area contributed by atoms with Crippen molar-refractivity contribution in [2.45, 2.75) is 6.10 Å². The molecule has 9 nitrogen and oxygen atoms in total. The summed E-state index contributed by atoms with van der Waals surface area (Å²) in [6.07, 6.45) is -0.474. The summed E-state index contributed by atoms with van der Waals surface area (Å²) >= 11 is 0. The quantitative estimate of drug-likeness (QED) is 0.395. The van der Waals surface area contributed by atoms with Gasteiger partial charge in [0.1, 0.15) is 5.56 Å². The lowest BCUT2D eigenvalue weighted by molar-refractivity contribution is -0.385. The Morgan fingerprint density at radius 2 is 2.38 bits per heavy atom. The van der Waals surface area contributed by atoms with Crippen molar-refractivity contribution in [3.05, 3.63) is 33.9 Å². The number of nitrogens with two attached hydrogens (primary N) is 1. The minimum Gasteiger partial charge on any atom is -0.394 e. The van der Waals surface area contributed by atoms with Gasteiger partial charge < -0.3 is 20.2 Å². The smallest absolute Gasteiger partial charge is 0.282 e. The molecule has 2 rings (SSSR count). The number of morpholine rings is 1. The highest BCUT2D eigenvalue weighted by molar-refractivity contribution is 5.99. The first-order valence-corrected chi connectivity index (χ1v) is 6.33. The van der Waals surface area contributed by atoms with Crippen LogP contribution in [0.15, 0.2) is 18.2 Å². The second kappa shape index (κ2) is 6.48. The lowest BCUT2D eigenvalue weighted by Gasteiger charge is -2.32. The summed E-state index contributed by atoms with van der Waals surface area (Å²) in [4.78, 5) is 24.3. The molecule has 1 aliphatic rings. The molecular weight excluding hydrogens is 280 g/mol. The van der Waals surface area contributed by atoms with Gasteiger partial charge in [-0.3, -0.25) is 20.8 Å². The average Bonchev–Trinajstić information content (AvgIpc) is 2.53. The van der Waals surface area contributed by atoms with Crippen LogP contribution in [-0.2, 0) is 4.74 Å². The van der Waals surface area contributed by atoms with Crippen LogP contribution in [0.3, 0.4) is 0 Å². The number of aliphatic hydroxyl groups excluding tert-OH is 1. The average molecular weight is 296 g/mol. The fraction of sp³-hybridized carbons (Fsp3) is 0.417. The molecule has 0 aromatic heterocycles. The van der Waals surface area contributed by atoms with Crippen LogP contribution in [0, 0.1) is 10.1 Å². The minimum atomic E-state index is -0.614. The molecule has 0 spiro atoms. The van der Waals surface area contributed by atoms with Crippen LogP contribution >= 0.6 is 0 Å². The fourth-order valence-electron chi connectivity index (χ4n) is 2.14. The third-order valence-electron chi connectivity index (χ3n) is 3.22. The van der Waals surface area contributed by atoms with Gasteiger partial charge in [-0.1, -0.05) is 0 Å². The largest absolute Gasteiger partial charge is 0.394 e. The zero-order valence-electron chi connectivity index (χ0n) is 11.2. The summed E-state index contributed by atoms with van der Waals surface area (Å²) in [5.74, 6) is 4.78. The highest BCUT2D eigenvalue weighted by atomic mass is 16.6. The summed E-state index contributed by atoms with van der Waals surface area (Å²) < 4.78 is 5.26. The Labute approximate surface area is 120 Å². The Bertz CT molecular complexity index is 550. The van der Waals surface area contributed by atoms with Gasteiger partial charge in [0, 0.05) is 24.8 Å². The molecule has 1 aromatic carbocycles. The van der Waals surface area contributed by atoms with E-state index in [9.17, 15) is 14.9 Å². The van der Waals surface area contributed by atoms with Gasteiger partial charge in [-0.25, -0.2) is 0 Å². The Balaban J connectivity index is 2.30. The van der Waals surface area contributed by atoms with Crippen LogP contribution in [0.4, 0.5) is 11.4 Å². The third-order valence-corrected chi connectivity index (χ3v) is 3.22. The maximum atomic E-state index is 12.5. The van der Waals surface area contributed by atoms with Crippen molar-refractivity contribution in [3.8, 4) is 0 Å². The molecule has 114 valence electrons. The van der Waals surface area contributed by atoms with Gasteiger partial charge >= 0.3 is 0 Å². The van der Waals surface area contributed by atoms with Crippen LogP contribution in [-0.4, -0.2) is 53.2 Å². The van der Waals surface area contributed by atoms with Crippen LogP contribution in [0.25, 0.3) is 0 Å². The van der Waals surface area contributed by atoms with Gasteiger partial charge in [-0.15, -0.1) is 0 Å². The Hall–Kier alpha value is -2.23. The van der Waals surface area contributed by atoms with Gasteiger partial charge in [0.25, 0.3) is 11.6 Å². The highest BCUT2D eigenvalue weighted by Gasteiger charge is 2.29. The maximum absolute atomic E-state index is 12.5. The number of nitrogens with zero attached hydrogens (tertiary/aromatic N) is 2. The molecule has 21 heavy (non-hydrogen) atoms. The number of carbonyl (C=O) groups excluding carboxylic acids is 1. The molecule has 1 atom stereocenters. The molecule has 1 saturated heterocycles. The van der Waals surface area contributed by atoms with Gasteiger partial charge in [0.2, 0.25) is 0 Å². The molecule has 0 bridgehead atoms. The lowest BCUT2D eigenvalue weighted by atomic mass is 10.1. The normalized spacial score (nSPS) is 18.4. The number of hydrazine groups is 1. The van der Waals surface area contributed by atoms with Crippen molar-refractivity contribution in [2.75, 3.05) is 31.7 Å². The second-order valence-electron chi connectivity index (χ2n) is 4.56. The van der Waals surface area contributed by atoms with Crippen molar-refractivity contribution in [1.82, 2.24) is 4.90 Å². The first-order chi connectivity index (χ1) is 10.1. The van der Waals surface area contributed by atoms with E-state index in [1.54, 1.807) is 0 Å². The van der Waals surface area contributed by atoms with E-state index in [4.69, 9.17) is 15.7 Å². The summed E-state index contributed by atoms with van der Waals surface area (Å²) in [5.41, 5.74) is 2.42. The number of anilines is 1. The standard InChI is InChI=1S/C12H16N4O5/c13-14-8-1-2-11(16(19)20)10(5-8)12(18)15-3-4-21-9(6-15)7-17/h1-2,5,9,14,17H,3-4,6-7,13H2. The van der Waals surface area contributed by atoms with E-state index < -0.39 is 16.9 Å². The summed E-state index contributed by atoms with van der Waals surface area (Å²) in [5, 5.41) is 20.1. The number of carbonyl (C=O) groups is 1. The number of hydrogen-bond acceptors (Lipinski definition) is 7. The van der Waals surface area contributed by atoms with Crippen LogP contribution in [0.2, 0.25) is 0 Å². The Morgan fingerprint density at radius 1 is 1.62 bits per heavy atom. The van der Waals surface area contributed by atoms with E-state index in [0.717, 1.165) is 0 Å². The number of hydrogen-bond donors (Lipinski definition) is 3. The van der Waals surface area contributed by atoms with Gasteiger partial charge in [-0.05, 0) is 12.1 Å². The number of aliphatic hydroxyl groups is 1. The van der Waals surface area contributed by atoms with Crippen molar-refractivity contribution in [3.63, 3.8) is 0 Å². The molecule has 9 heteroatoms. The van der Waals surface area contributed by atoms with Crippen LogP contribution in [0.5, 0.6) is 0 Å². The van der Waals surface area contributed by atoms with Crippen molar-refractivity contribution >= 4 is 17.3 Å². The van der Waals surface area contributed by atoms with Crippen molar-refractivity contribution in [1.29, 1.82) is 0 Å². The zero-order chi connectivity index (χ0) is 15.4. The van der Waals surface area contributed by atoms with Gasteiger partial charge in [-0.2, -0.15) is 0 Å². The molecule has 0 radical (unpaired) electrons. The predicted octanol–water partition coefficient (Wildman–Crippen LogP) is -0.286. The maximum Gasteiger partial charge on any atom is 0.282 e. The zero-order valence-corrected chi connectivity index (χ0v) is 11.2. The molecule has 0 saturated carbocycles. The summed E-state index contributed by atoms with van der Waals surface area (Å²) in [6, 6.07) is 3.99. The highest BCUT2D eigenvalue weighted by Crippen LogP contribution is 2.24. The number of nitro benzene ring substituents is 1. The number of nitrogens with one attached hydrogen (secondary N) is 1. The third kappa shape index (κ3) is 3.27. The van der Waals surface area contributed by atoms with Crippen LogP contribution < -0.4 is 11.3 Å². The summed E-state index contributed by atoms with van der Waals surface area (Å²) in [7, 11) is 0. The lowest BCUT2D eigenvalue weighted by Crippen LogP contribution is -2.47. The van der Waals surface area contributed by atoms with E-state index >= 15 is 0 Å². The number of nitrogen functional groups attached to an aromatic ring is 1. The molecule has 1 aliphatic heterocycles. The van der Waals surface area contributed by atoms with E-state index in [2.05, 4.69) is 5.43 Å². The van der Waals surface area contributed by atoms with E-state index in [0.29, 0.717) is 12.2 Å². The number of amides is 1. The molecule has 1 heterocycles. The van der Waals surface area contributed by atoms with Crippen molar-refractivity contribution < 1.29 is 19.6 Å². The summed E-state index contributed by atoms with van der Waals surface area (Å²) in [6.45, 7) is 0.565. The monoisotopic (exact) mass is 296 g/mol. The molecule has 4 N–H and O–H groups in total. The van der Waals surface area contributed by atoms with Crippen LogP contribution in [0.1, 0.15) is 10.4 Å². The number of ether oxygens (including phenoxy) is 1.